The zero-order chi connectivity index (χ0) is 16.4. The minimum Gasteiger partial charge on any atom is -0.377 e. The van der Waals surface area contributed by atoms with Crippen LogP contribution in [0, 0.1) is 11.6 Å². The Kier molecular flexibility index (Phi) is 4.98. The minimum atomic E-state index is -3.03. The standard InChI is InChI=1S/C16H21F2NO3S/c17-15-5-1-3-12(16(15)18)9-19(10-14-4-2-7-22-14)13-6-8-23(20,21)11-13/h1,3,5,13-14H,2,4,6-11H2/t13-,14+/m0/s1. The maximum atomic E-state index is 14.0. The fourth-order valence-electron chi connectivity index (χ4n) is 3.35. The zero-order valence-corrected chi connectivity index (χ0v) is 13.7. The summed E-state index contributed by atoms with van der Waals surface area (Å²) < 4.78 is 56.5. The predicted molar refractivity (Wildman–Crippen MR) is 82.8 cm³/mol. The molecule has 0 N–H and O–H groups in total. The molecule has 23 heavy (non-hydrogen) atoms. The summed E-state index contributed by atoms with van der Waals surface area (Å²) in [5.74, 6) is -1.49. The van der Waals surface area contributed by atoms with Crippen molar-refractivity contribution in [3.8, 4) is 0 Å². The summed E-state index contributed by atoms with van der Waals surface area (Å²) in [6, 6.07) is 3.95. The summed E-state index contributed by atoms with van der Waals surface area (Å²) in [6.45, 7) is 1.45. The van der Waals surface area contributed by atoms with E-state index in [2.05, 4.69) is 0 Å². The normalized spacial score (nSPS) is 26.9. The van der Waals surface area contributed by atoms with Gasteiger partial charge >= 0.3 is 0 Å². The van der Waals surface area contributed by atoms with Gasteiger partial charge in [0.1, 0.15) is 0 Å². The molecule has 3 rings (SSSR count). The average molecular weight is 345 g/mol. The van der Waals surface area contributed by atoms with Crippen LogP contribution in [0.3, 0.4) is 0 Å². The topological polar surface area (TPSA) is 46.6 Å². The molecule has 2 saturated heterocycles. The molecule has 2 atom stereocenters. The average Bonchev–Trinajstić information content (AvgIpc) is 3.12. The first-order chi connectivity index (χ1) is 10.9. The zero-order valence-electron chi connectivity index (χ0n) is 12.9. The van der Waals surface area contributed by atoms with Crippen molar-refractivity contribution in [1.29, 1.82) is 0 Å². The van der Waals surface area contributed by atoms with E-state index in [-0.39, 0.29) is 35.8 Å². The molecule has 2 aliphatic rings. The first kappa shape index (κ1) is 16.8. The Morgan fingerprint density at radius 1 is 1.26 bits per heavy atom. The van der Waals surface area contributed by atoms with Crippen molar-refractivity contribution in [2.75, 3.05) is 24.7 Å². The molecule has 128 valence electrons. The summed E-state index contributed by atoms with van der Waals surface area (Å²) in [7, 11) is -3.03. The van der Waals surface area contributed by atoms with Gasteiger partial charge in [-0.15, -0.1) is 0 Å². The van der Waals surface area contributed by atoms with E-state index in [9.17, 15) is 17.2 Å². The number of nitrogens with zero attached hydrogens (tertiary/aromatic N) is 1. The van der Waals surface area contributed by atoms with Crippen molar-refractivity contribution in [3.63, 3.8) is 0 Å². The van der Waals surface area contributed by atoms with Crippen molar-refractivity contribution in [3.05, 3.63) is 35.4 Å². The third-order valence-electron chi connectivity index (χ3n) is 4.59. The summed E-state index contributed by atoms with van der Waals surface area (Å²) in [6.07, 6.45) is 2.47. The summed E-state index contributed by atoms with van der Waals surface area (Å²) in [5, 5.41) is 0. The Morgan fingerprint density at radius 2 is 2.09 bits per heavy atom. The lowest BCUT2D eigenvalue weighted by molar-refractivity contribution is 0.0569. The Hall–Kier alpha value is -1.05. The maximum Gasteiger partial charge on any atom is 0.163 e. The van der Waals surface area contributed by atoms with Gasteiger partial charge in [-0.05, 0) is 25.3 Å². The molecule has 1 aromatic rings. The molecular formula is C16H21F2NO3S. The molecule has 4 nitrogen and oxygen atoms in total. The lowest BCUT2D eigenvalue weighted by atomic mass is 10.1. The van der Waals surface area contributed by atoms with Gasteiger partial charge < -0.3 is 4.74 Å². The number of ether oxygens (including phenoxy) is 1. The van der Waals surface area contributed by atoms with E-state index in [1.807, 2.05) is 4.90 Å². The van der Waals surface area contributed by atoms with Crippen LogP contribution < -0.4 is 0 Å². The molecule has 0 spiro atoms. The van der Waals surface area contributed by atoms with E-state index < -0.39 is 21.5 Å². The van der Waals surface area contributed by atoms with Crippen molar-refractivity contribution in [2.24, 2.45) is 0 Å². The minimum absolute atomic E-state index is 0.0370. The highest BCUT2D eigenvalue weighted by atomic mass is 32.2. The largest absolute Gasteiger partial charge is 0.377 e. The van der Waals surface area contributed by atoms with Crippen LogP contribution in [-0.4, -0.2) is 50.1 Å². The van der Waals surface area contributed by atoms with Crippen LogP contribution in [0.2, 0.25) is 0 Å². The van der Waals surface area contributed by atoms with Gasteiger partial charge in [-0.3, -0.25) is 4.90 Å². The second-order valence-electron chi connectivity index (χ2n) is 6.33. The number of hydrogen-bond donors (Lipinski definition) is 0. The van der Waals surface area contributed by atoms with E-state index in [0.29, 0.717) is 19.6 Å². The van der Waals surface area contributed by atoms with Gasteiger partial charge in [0.05, 0.1) is 17.6 Å². The van der Waals surface area contributed by atoms with Gasteiger partial charge in [-0.2, -0.15) is 0 Å². The highest BCUT2D eigenvalue weighted by Crippen LogP contribution is 2.24. The van der Waals surface area contributed by atoms with Crippen LogP contribution >= 0.6 is 0 Å². The first-order valence-electron chi connectivity index (χ1n) is 7.93. The molecule has 2 aliphatic heterocycles. The summed E-state index contributed by atoms with van der Waals surface area (Å²) >= 11 is 0. The van der Waals surface area contributed by atoms with E-state index in [0.717, 1.165) is 18.9 Å². The van der Waals surface area contributed by atoms with Gasteiger partial charge in [-0.1, -0.05) is 12.1 Å². The SMILES string of the molecule is O=S1(=O)CC[C@H](N(Cc2cccc(F)c2F)C[C@H]2CCCO2)C1. The predicted octanol–water partition coefficient (Wildman–Crippen LogP) is 2.13. The Balaban J connectivity index is 1.78. The van der Waals surface area contributed by atoms with E-state index in [1.165, 1.54) is 6.07 Å². The van der Waals surface area contributed by atoms with E-state index in [4.69, 9.17) is 4.74 Å². The highest BCUT2D eigenvalue weighted by Gasteiger charge is 2.34. The van der Waals surface area contributed by atoms with Gasteiger partial charge in [0.15, 0.2) is 21.5 Å². The van der Waals surface area contributed by atoms with Gasteiger partial charge in [0.2, 0.25) is 0 Å². The van der Waals surface area contributed by atoms with Crippen molar-refractivity contribution in [2.45, 2.75) is 38.0 Å². The number of halogens is 2. The molecule has 2 heterocycles. The van der Waals surface area contributed by atoms with Crippen LogP contribution in [0.5, 0.6) is 0 Å². The molecule has 0 unspecified atom stereocenters. The van der Waals surface area contributed by atoms with Gasteiger partial charge in [0, 0.05) is 31.3 Å². The summed E-state index contributed by atoms with van der Waals surface area (Å²) in [5.41, 5.74) is 0.257. The van der Waals surface area contributed by atoms with Crippen LogP contribution in [0.1, 0.15) is 24.8 Å². The smallest absolute Gasteiger partial charge is 0.163 e. The van der Waals surface area contributed by atoms with Gasteiger partial charge in [-0.25, -0.2) is 17.2 Å². The van der Waals surface area contributed by atoms with Crippen molar-refractivity contribution in [1.82, 2.24) is 4.90 Å². The number of rotatable bonds is 5. The summed E-state index contributed by atoms with van der Waals surface area (Å²) in [4.78, 5) is 1.94. The molecule has 0 aliphatic carbocycles. The Morgan fingerprint density at radius 3 is 2.74 bits per heavy atom. The van der Waals surface area contributed by atoms with Crippen LogP contribution in [-0.2, 0) is 21.1 Å². The fourth-order valence-corrected chi connectivity index (χ4v) is 5.11. The lowest BCUT2D eigenvalue weighted by Gasteiger charge is -2.30. The van der Waals surface area contributed by atoms with Crippen LogP contribution in [0.15, 0.2) is 18.2 Å². The third-order valence-corrected chi connectivity index (χ3v) is 6.34. The third kappa shape index (κ3) is 4.08. The molecule has 0 saturated carbocycles. The molecule has 1 aromatic carbocycles. The second kappa shape index (κ2) is 6.83. The molecule has 0 bridgehead atoms. The molecule has 0 aromatic heterocycles. The van der Waals surface area contributed by atoms with Crippen LogP contribution in [0.4, 0.5) is 8.78 Å². The number of benzene rings is 1. The molecule has 0 amide bonds. The second-order valence-corrected chi connectivity index (χ2v) is 8.56. The lowest BCUT2D eigenvalue weighted by Crippen LogP contribution is -2.41. The fraction of sp³-hybridized carbons (Fsp3) is 0.625. The quantitative estimate of drug-likeness (QED) is 0.820. The molecule has 2 fully saturated rings. The van der Waals surface area contributed by atoms with E-state index >= 15 is 0 Å². The molecule has 7 heteroatoms. The first-order valence-corrected chi connectivity index (χ1v) is 9.76. The van der Waals surface area contributed by atoms with Crippen molar-refractivity contribution < 1.29 is 21.9 Å². The van der Waals surface area contributed by atoms with Gasteiger partial charge in [0.25, 0.3) is 0 Å². The Labute approximate surface area is 135 Å². The molecular weight excluding hydrogens is 324 g/mol. The van der Waals surface area contributed by atoms with E-state index in [1.54, 1.807) is 6.07 Å². The van der Waals surface area contributed by atoms with Crippen molar-refractivity contribution >= 4 is 9.84 Å². The molecule has 0 radical (unpaired) electrons. The van der Waals surface area contributed by atoms with Crippen LogP contribution in [0.25, 0.3) is 0 Å². The monoisotopic (exact) mass is 345 g/mol. The Bertz CT molecular complexity index is 659. The number of hydrogen-bond acceptors (Lipinski definition) is 4. The number of sulfone groups is 1. The maximum absolute atomic E-state index is 14.0. The highest BCUT2D eigenvalue weighted by molar-refractivity contribution is 7.91.